The molecular weight excluding hydrogens is 304 g/mol. The van der Waals surface area contributed by atoms with Crippen molar-refractivity contribution < 1.29 is 8.42 Å². The number of rotatable bonds is 5. The van der Waals surface area contributed by atoms with E-state index in [0.29, 0.717) is 10.3 Å². The van der Waals surface area contributed by atoms with E-state index in [-0.39, 0.29) is 12.1 Å². The Labute approximate surface area is 131 Å². The summed E-state index contributed by atoms with van der Waals surface area (Å²) in [4.78, 5) is 1.11. The maximum atomic E-state index is 12.9. The second-order valence-corrected chi connectivity index (χ2v) is 9.58. The van der Waals surface area contributed by atoms with Crippen molar-refractivity contribution in [3.63, 3.8) is 0 Å². The zero-order chi connectivity index (χ0) is 15.0. The van der Waals surface area contributed by atoms with Gasteiger partial charge in [0.1, 0.15) is 4.21 Å². The molecule has 1 aromatic heterocycles. The highest BCUT2D eigenvalue weighted by atomic mass is 32.2. The number of sulfonamides is 1. The number of hydrogen-bond donors (Lipinski definition) is 1. The van der Waals surface area contributed by atoms with E-state index in [9.17, 15) is 8.42 Å². The molecule has 0 spiro atoms. The summed E-state index contributed by atoms with van der Waals surface area (Å²) in [5.41, 5.74) is 0. The van der Waals surface area contributed by atoms with Gasteiger partial charge in [0.25, 0.3) is 10.0 Å². The molecule has 2 atom stereocenters. The fourth-order valence-corrected chi connectivity index (χ4v) is 6.39. The Morgan fingerprint density at radius 1 is 1.19 bits per heavy atom. The van der Waals surface area contributed by atoms with E-state index in [1.165, 1.54) is 24.2 Å². The van der Waals surface area contributed by atoms with Gasteiger partial charge in [0.15, 0.2) is 0 Å². The van der Waals surface area contributed by atoms with Crippen molar-refractivity contribution in [3.8, 4) is 0 Å². The summed E-state index contributed by atoms with van der Waals surface area (Å²) >= 11 is 1.42. The van der Waals surface area contributed by atoms with Crippen LogP contribution in [0.2, 0.25) is 0 Å². The zero-order valence-electron chi connectivity index (χ0n) is 12.7. The lowest BCUT2D eigenvalue weighted by Crippen LogP contribution is -2.47. The first kappa shape index (κ1) is 15.5. The van der Waals surface area contributed by atoms with Crippen molar-refractivity contribution in [2.45, 2.75) is 74.8 Å². The summed E-state index contributed by atoms with van der Waals surface area (Å²) in [6, 6.07) is 4.58. The smallest absolute Gasteiger partial charge is 0.253 e. The molecule has 21 heavy (non-hydrogen) atoms. The first-order chi connectivity index (χ1) is 9.98. The van der Waals surface area contributed by atoms with Gasteiger partial charge in [0, 0.05) is 29.5 Å². The molecule has 4 nitrogen and oxygen atoms in total. The minimum atomic E-state index is -3.34. The molecule has 0 aromatic carbocycles. The van der Waals surface area contributed by atoms with E-state index < -0.39 is 10.0 Å². The lowest BCUT2D eigenvalue weighted by molar-refractivity contribution is 0.204. The van der Waals surface area contributed by atoms with Crippen molar-refractivity contribution in [1.82, 2.24) is 9.62 Å². The normalized spacial score (nSPS) is 27.9. The molecule has 1 saturated heterocycles. The highest BCUT2D eigenvalue weighted by Crippen LogP contribution is 2.32. The van der Waals surface area contributed by atoms with Crippen LogP contribution in [0.3, 0.4) is 0 Å². The Morgan fingerprint density at radius 3 is 2.48 bits per heavy atom. The standard InChI is InChI=1S/C15H24N2O2S2/c1-11-4-3-5-12(2)17(11)21(18,19)15-9-8-14(20-15)10-16-13-6-7-13/h8-9,11-13,16H,3-7,10H2,1-2H3. The summed E-state index contributed by atoms with van der Waals surface area (Å²) in [6.45, 7) is 4.84. The van der Waals surface area contributed by atoms with Crippen LogP contribution in [0, 0.1) is 0 Å². The summed E-state index contributed by atoms with van der Waals surface area (Å²) in [6.07, 6.45) is 5.55. The molecule has 118 valence electrons. The molecule has 2 unspecified atom stereocenters. The Balaban J connectivity index is 1.76. The predicted octanol–water partition coefficient (Wildman–Crippen LogP) is 2.95. The molecule has 2 aliphatic rings. The van der Waals surface area contributed by atoms with Crippen LogP contribution in [-0.2, 0) is 16.6 Å². The summed E-state index contributed by atoms with van der Waals surface area (Å²) in [5, 5.41) is 3.44. The number of thiophene rings is 1. The van der Waals surface area contributed by atoms with Gasteiger partial charge >= 0.3 is 0 Å². The summed E-state index contributed by atoms with van der Waals surface area (Å²) in [7, 11) is -3.34. The van der Waals surface area contributed by atoms with Gasteiger partial charge in [-0.2, -0.15) is 4.31 Å². The van der Waals surface area contributed by atoms with E-state index >= 15 is 0 Å². The van der Waals surface area contributed by atoms with E-state index in [4.69, 9.17) is 0 Å². The first-order valence-electron chi connectivity index (χ1n) is 7.84. The highest BCUT2D eigenvalue weighted by molar-refractivity contribution is 7.91. The van der Waals surface area contributed by atoms with Gasteiger partial charge < -0.3 is 5.32 Å². The third kappa shape index (κ3) is 3.33. The summed E-state index contributed by atoms with van der Waals surface area (Å²) in [5.74, 6) is 0. The quantitative estimate of drug-likeness (QED) is 0.904. The van der Waals surface area contributed by atoms with Gasteiger partial charge in [-0.25, -0.2) is 8.42 Å². The largest absolute Gasteiger partial charge is 0.309 e. The maximum absolute atomic E-state index is 12.9. The van der Waals surface area contributed by atoms with Crippen molar-refractivity contribution in [2.75, 3.05) is 0 Å². The molecule has 1 aromatic rings. The van der Waals surface area contributed by atoms with Crippen molar-refractivity contribution in [1.29, 1.82) is 0 Å². The Kier molecular flexibility index (Phi) is 4.41. The summed E-state index contributed by atoms with van der Waals surface area (Å²) < 4.78 is 28.0. The first-order valence-corrected chi connectivity index (χ1v) is 10.1. The average Bonchev–Trinajstić information content (AvgIpc) is 3.12. The van der Waals surface area contributed by atoms with Gasteiger partial charge in [0.05, 0.1) is 0 Å². The Bertz CT molecular complexity index is 583. The maximum Gasteiger partial charge on any atom is 0.253 e. The van der Waals surface area contributed by atoms with Gasteiger partial charge in [-0.3, -0.25) is 0 Å². The fraction of sp³-hybridized carbons (Fsp3) is 0.733. The Hall–Kier alpha value is -0.430. The van der Waals surface area contributed by atoms with Crippen LogP contribution in [0.4, 0.5) is 0 Å². The average molecular weight is 329 g/mol. The third-order valence-electron chi connectivity index (χ3n) is 4.42. The molecule has 2 fully saturated rings. The van der Waals surface area contributed by atoms with Crippen LogP contribution in [0.1, 0.15) is 50.8 Å². The van der Waals surface area contributed by atoms with Crippen molar-refractivity contribution in [3.05, 3.63) is 17.0 Å². The van der Waals surface area contributed by atoms with Gasteiger partial charge in [-0.1, -0.05) is 6.42 Å². The molecule has 2 heterocycles. The molecule has 3 rings (SSSR count). The number of hydrogen-bond acceptors (Lipinski definition) is 4. The zero-order valence-corrected chi connectivity index (χ0v) is 14.3. The topological polar surface area (TPSA) is 49.4 Å². The van der Waals surface area contributed by atoms with Crippen LogP contribution in [0.15, 0.2) is 16.3 Å². The van der Waals surface area contributed by atoms with Crippen molar-refractivity contribution >= 4 is 21.4 Å². The molecule has 1 aliphatic heterocycles. The van der Waals surface area contributed by atoms with Crippen LogP contribution < -0.4 is 5.32 Å². The third-order valence-corrected chi connectivity index (χ3v) is 8.10. The predicted molar refractivity (Wildman–Crippen MR) is 86.0 cm³/mol. The molecule has 1 N–H and O–H groups in total. The van der Waals surface area contributed by atoms with Crippen LogP contribution in [0.5, 0.6) is 0 Å². The van der Waals surface area contributed by atoms with Crippen LogP contribution in [0.25, 0.3) is 0 Å². The number of nitrogens with one attached hydrogen (secondary N) is 1. The molecular formula is C15H24N2O2S2. The van der Waals surface area contributed by atoms with Crippen molar-refractivity contribution in [2.24, 2.45) is 0 Å². The number of piperidine rings is 1. The lowest BCUT2D eigenvalue weighted by Gasteiger charge is -2.37. The van der Waals surface area contributed by atoms with Gasteiger partial charge in [-0.05, 0) is 51.7 Å². The highest BCUT2D eigenvalue weighted by Gasteiger charge is 2.36. The Morgan fingerprint density at radius 2 is 1.86 bits per heavy atom. The minimum absolute atomic E-state index is 0.105. The minimum Gasteiger partial charge on any atom is -0.309 e. The molecule has 1 aliphatic carbocycles. The molecule has 1 saturated carbocycles. The van der Waals surface area contributed by atoms with E-state index in [0.717, 1.165) is 30.7 Å². The molecule has 0 amide bonds. The van der Waals surface area contributed by atoms with E-state index in [1.54, 1.807) is 10.4 Å². The van der Waals surface area contributed by atoms with Gasteiger partial charge in [0.2, 0.25) is 0 Å². The monoisotopic (exact) mass is 328 g/mol. The molecule has 0 radical (unpaired) electrons. The fourth-order valence-electron chi connectivity index (χ4n) is 3.10. The van der Waals surface area contributed by atoms with E-state index in [1.807, 2.05) is 19.9 Å². The number of nitrogens with zero attached hydrogens (tertiary/aromatic N) is 1. The second-order valence-electron chi connectivity index (χ2n) is 6.34. The molecule has 0 bridgehead atoms. The molecule has 6 heteroatoms. The second kappa shape index (κ2) is 5.99. The van der Waals surface area contributed by atoms with Crippen LogP contribution in [-0.4, -0.2) is 30.8 Å². The lowest BCUT2D eigenvalue weighted by atomic mass is 10.0. The SMILES string of the molecule is CC1CCCC(C)N1S(=O)(=O)c1ccc(CNC2CC2)s1. The van der Waals surface area contributed by atoms with Gasteiger partial charge in [-0.15, -0.1) is 11.3 Å². The van der Waals surface area contributed by atoms with Crippen LogP contribution >= 0.6 is 11.3 Å². The van der Waals surface area contributed by atoms with E-state index in [2.05, 4.69) is 5.32 Å².